The minimum absolute atomic E-state index is 0.218. The maximum Gasteiger partial charge on any atom is 0.407 e. The second kappa shape index (κ2) is 2.67. The zero-order valence-corrected chi connectivity index (χ0v) is 6.07. The first-order chi connectivity index (χ1) is 5.16. The molecular weight excluding hydrogens is 148 g/mol. The van der Waals surface area contributed by atoms with Crippen LogP contribution < -0.4 is 5.32 Å². The fourth-order valence-electron chi connectivity index (χ4n) is 0.816. The van der Waals surface area contributed by atoms with Crippen molar-refractivity contribution in [3.05, 3.63) is 10.4 Å². The van der Waals surface area contributed by atoms with Crippen LogP contribution in [0.4, 0.5) is 4.79 Å². The summed E-state index contributed by atoms with van der Waals surface area (Å²) in [6.45, 7) is 2.23. The maximum absolute atomic E-state index is 10.6. The number of hydrogen-bond acceptors (Lipinski definition) is 3. The van der Waals surface area contributed by atoms with Crippen molar-refractivity contribution in [1.82, 2.24) is 5.32 Å². The van der Waals surface area contributed by atoms with E-state index in [0.717, 1.165) is 0 Å². The third-order valence-electron chi connectivity index (χ3n) is 1.41. The van der Waals surface area contributed by atoms with Crippen LogP contribution >= 0.6 is 0 Å². The largest absolute Gasteiger partial charge is 0.447 e. The first-order valence-electron chi connectivity index (χ1n) is 3.12. The van der Waals surface area contributed by atoms with Gasteiger partial charge in [-0.2, -0.15) is 0 Å². The summed E-state index contributed by atoms with van der Waals surface area (Å²) in [7, 11) is 0. The van der Waals surface area contributed by atoms with Gasteiger partial charge in [0.05, 0.1) is 12.1 Å². The van der Waals surface area contributed by atoms with Gasteiger partial charge in [-0.05, 0) is 12.5 Å². The lowest BCUT2D eigenvalue weighted by Gasteiger charge is -2.16. The molecule has 1 saturated heterocycles. The lowest BCUT2D eigenvalue weighted by molar-refractivity contribution is 0.173. The standard InChI is InChI=1S/C5H8N4O2/c1-5(2-7-9-6)3-11-4(10)8-5/h2-3H2,1H3,(H,8,10)/t5-/m1/s1. The Bertz CT molecular complexity index is 223. The predicted molar refractivity (Wildman–Crippen MR) is 36.9 cm³/mol. The number of carbonyl (C=O) groups is 1. The first-order valence-corrected chi connectivity index (χ1v) is 3.12. The number of nitrogens with one attached hydrogen (secondary N) is 1. The summed E-state index contributed by atoms with van der Waals surface area (Å²) in [5.41, 5.74) is 7.49. The minimum atomic E-state index is -0.524. The van der Waals surface area contributed by atoms with Crippen LogP contribution in [0.15, 0.2) is 5.11 Å². The van der Waals surface area contributed by atoms with Crippen LogP contribution in [0.3, 0.4) is 0 Å². The Labute approximate surface area is 63.2 Å². The molecule has 1 atom stereocenters. The van der Waals surface area contributed by atoms with Crippen molar-refractivity contribution in [3.63, 3.8) is 0 Å². The van der Waals surface area contributed by atoms with E-state index in [9.17, 15) is 4.79 Å². The summed E-state index contributed by atoms with van der Waals surface area (Å²) in [6.07, 6.45) is -0.458. The molecule has 1 aliphatic rings. The average molecular weight is 156 g/mol. The SMILES string of the molecule is C[C@@]1(CN=[N+]=[N-])COC(=O)N1. The first kappa shape index (κ1) is 7.68. The molecule has 1 fully saturated rings. The summed E-state index contributed by atoms with van der Waals surface area (Å²) in [5.74, 6) is 0. The summed E-state index contributed by atoms with van der Waals surface area (Å²) in [6, 6.07) is 0. The number of rotatable bonds is 2. The van der Waals surface area contributed by atoms with Crippen molar-refractivity contribution in [2.45, 2.75) is 12.5 Å². The van der Waals surface area contributed by atoms with E-state index in [1.54, 1.807) is 6.92 Å². The van der Waals surface area contributed by atoms with E-state index < -0.39 is 11.6 Å². The molecule has 0 bridgehead atoms. The molecular formula is C5H8N4O2. The second-order valence-corrected chi connectivity index (χ2v) is 2.65. The van der Waals surface area contributed by atoms with Crippen LogP contribution in [-0.2, 0) is 4.74 Å². The highest BCUT2D eigenvalue weighted by molar-refractivity contribution is 5.70. The van der Waals surface area contributed by atoms with E-state index in [1.165, 1.54) is 0 Å². The third-order valence-corrected chi connectivity index (χ3v) is 1.41. The number of amides is 1. The van der Waals surface area contributed by atoms with Crippen molar-refractivity contribution < 1.29 is 9.53 Å². The quantitative estimate of drug-likeness (QED) is 0.364. The number of ether oxygens (including phenoxy) is 1. The fraction of sp³-hybridized carbons (Fsp3) is 0.800. The number of hydrogen-bond donors (Lipinski definition) is 1. The topological polar surface area (TPSA) is 87.1 Å². The number of nitrogens with zero attached hydrogens (tertiary/aromatic N) is 3. The van der Waals surface area contributed by atoms with E-state index >= 15 is 0 Å². The van der Waals surface area contributed by atoms with Crippen molar-refractivity contribution in [2.24, 2.45) is 5.11 Å². The van der Waals surface area contributed by atoms with Gasteiger partial charge in [-0.3, -0.25) is 0 Å². The third kappa shape index (κ3) is 1.75. The molecule has 0 aromatic carbocycles. The summed E-state index contributed by atoms with van der Waals surface area (Å²) in [5, 5.41) is 5.88. The van der Waals surface area contributed by atoms with Crippen molar-refractivity contribution >= 4 is 6.09 Å². The molecule has 0 saturated carbocycles. The summed E-state index contributed by atoms with van der Waals surface area (Å²) >= 11 is 0. The van der Waals surface area contributed by atoms with Crippen LogP contribution in [0.2, 0.25) is 0 Å². The highest BCUT2D eigenvalue weighted by atomic mass is 16.6. The Morgan fingerprint density at radius 3 is 3.18 bits per heavy atom. The van der Waals surface area contributed by atoms with E-state index in [-0.39, 0.29) is 13.2 Å². The Morgan fingerprint density at radius 2 is 2.73 bits per heavy atom. The van der Waals surface area contributed by atoms with Crippen LogP contribution in [0, 0.1) is 0 Å². The molecule has 1 heterocycles. The van der Waals surface area contributed by atoms with Crippen LogP contribution in [-0.4, -0.2) is 24.8 Å². The van der Waals surface area contributed by atoms with Crippen molar-refractivity contribution in [2.75, 3.05) is 13.2 Å². The Hall–Kier alpha value is -1.42. The molecule has 0 spiro atoms. The number of azide groups is 1. The highest BCUT2D eigenvalue weighted by Gasteiger charge is 2.33. The van der Waals surface area contributed by atoms with Gasteiger partial charge in [-0.25, -0.2) is 4.79 Å². The molecule has 0 unspecified atom stereocenters. The van der Waals surface area contributed by atoms with Gasteiger partial charge < -0.3 is 10.1 Å². The van der Waals surface area contributed by atoms with Gasteiger partial charge in [0.25, 0.3) is 0 Å². The smallest absolute Gasteiger partial charge is 0.407 e. The monoisotopic (exact) mass is 156 g/mol. The number of cyclic esters (lactones) is 1. The molecule has 1 amide bonds. The Kier molecular flexibility index (Phi) is 1.87. The molecule has 0 aromatic rings. The van der Waals surface area contributed by atoms with Gasteiger partial charge in [-0.15, -0.1) is 0 Å². The van der Waals surface area contributed by atoms with Gasteiger partial charge in [0.2, 0.25) is 0 Å². The van der Waals surface area contributed by atoms with Crippen molar-refractivity contribution in [3.8, 4) is 0 Å². The Morgan fingerprint density at radius 1 is 2.00 bits per heavy atom. The molecule has 11 heavy (non-hydrogen) atoms. The molecule has 60 valence electrons. The lowest BCUT2D eigenvalue weighted by atomic mass is 10.1. The van der Waals surface area contributed by atoms with Crippen molar-refractivity contribution in [1.29, 1.82) is 0 Å². The number of carbonyl (C=O) groups excluding carboxylic acids is 1. The summed E-state index contributed by atoms with van der Waals surface area (Å²) in [4.78, 5) is 13.1. The molecule has 6 heteroatoms. The molecule has 0 aliphatic carbocycles. The highest BCUT2D eigenvalue weighted by Crippen LogP contribution is 2.11. The van der Waals surface area contributed by atoms with Gasteiger partial charge >= 0.3 is 6.09 Å². The van der Waals surface area contributed by atoms with Crippen LogP contribution in [0.25, 0.3) is 10.4 Å². The van der Waals surface area contributed by atoms with Gasteiger partial charge in [0, 0.05) is 4.91 Å². The van der Waals surface area contributed by atoms with Gasteiger partial charge in [0.15, 0.2) is 0 Å². The van der Waals surface area contributed by atoms with Gasteiger partial charge in [-0.1, -0.05) is 5.11 Å². The fourth-order valence-corrected chi connectivity index (χ4v) is 0.816. The molecule has 1 aliphatic heterocycles. The zero-order valence-electron chi connectivity index (χ0n) is 6.07. The van der Waals surface area contributed by atoms with E-state index in [2.05, 4.69) is 20.1 Å². The van der Waals surface area contributed by atoms with Gasteiger partial charge in [0.1, 0.15) is 6.61 Å². The molecule has 0 radical (unpaired) electrons. The second-order valence-electron chi connectivity index (χ2n) is 2.65. The van der Waals surface area contributed by atoms with Crippen LogP contribution in [0.1, 0.15) is 6.92 Å². The average Bonchev–Trinajstić information content (AvgIpc) is 2.28. The normalized spacial score (nSPS) is 28.6. The van der Waals surface area contributed by atoms with E-state index in [4.69, 9.17) is 5.53 Å². The molecule has 1 rings (SSSR count). The Balaban J connectivity index is 2.54. The minimum Gasteiger partial charge on any atom is -0.447 e. The van der Waals surface area contributed by atoms with E-state index in [0.29, 0.717) is 0 Å². The predicted octanol–water partition coefficient (Wildman–Crippen LogP) is 0.795. The summed E-state index contributed by atoms with van der Waals surface area (Å²) < 4.78 is 4.63. The van der Waals surface area contributed by atoms with Crippen LogP contribution in [0.5, 0.6) is 0 Å². The lowest BCUT2D eigenvalue weighted by Crippen LogP contribution is -2.42. The molecule has 6 nitrogen and oxygen atoms in total. The molecule has 0 aromatic heterocycles. The zero-order chi connectivity index (χ0) is 8.32. The molecule has 1 N–H and O–H groups in total. The number of alkyl carbamates (subject to hydrolysis) is 1. The van der Waals surface area contributed by atoms with E-state index in [1.807, 2.05) is 0 Å². The maximum atomic E-state index is 10.6.